The van der Waals surface area contributed by atoms with Crippen molar-refractivity contribution in [2.75, 3.05) is 25.2 Å². The minimum atomic E-state index is -0.0352. The van der Waals surface area contributed by atoms with Crippen LogP contribution in [-0.4, -0.2) is 31.3 Å². The van der Waals surface area contributed by atoms with Crippen LogP contribution >= 0.6 is 0 Å². The van der Waals surface area contributed by atoms with Gasteiger partial charge >= 0.3 is 0 Å². The predicted octanol–water partition coefficient (Wildman–Crippen LogP) is 4.25. The van der Waals surface area contributed by atoms with E-state index in [0.717, 1.165) is 37.1 Å². The smallest absolute Gasteiger partial charge is 0.226 e. The quantitative estimate of drug-likeness (QED) is 0.752. The second-order valence-electron chi connectivity index (χ2n) is 6.76. The molecule has 1 fully saturated rings. The highest BCUT2D eigenvalue weighted by molar-refractivity contribution is 5.93. The van der Waals surface area contributed by atoms with Crippen LogP contribution in [-0.2, 0) is 9.53 Å². The van der Waals surface area contributed by atoms with Crippen LogP contribution in [0.1, 0.15) is 57.1 Å². The van der Waals surface area contributed by atoms with Crippen LogP contribution in [0, 0.1) is 5.92 Å². The minimum absolute atomic E-state index is 0.0352. The molecule has 1 aliphatic rings. The fourth-order valence-corrected chi connectivity index (χ4v) is 3.42. The fraction of sp³-hybridized carbons (Fsp3) is 0.571. The fourth-order valence-electron chi connectivity index (χ4n) is 3.42. The van der Waals surface area contributed by atoms with Crippen LogP contribution in [0.2, 0.25) is 0 Å². The Morgan fingerprint density at radius 3 is 2.60 bits per heavy atom. The molecule has 2 atom stereocenters. The highest BCUT2D eigenvalue weighted by atomic mass is 16.5. The molecule has 1 saturated heterocycles. The summed E-state index contributed by atoms with van der Waals surface area (Å²) in [7, 11) is 1.72. The highest BCUT2D eigenvalue weighted by Crippen LogP contribution is 2.29. The molecule has 1 aromatic carbocycles. The van der Waals surface area contributed by atoms with E-state index in [-0.39, 0.29) is 24.5 Å². The summed E-state index contributed by atoms with van der Waals surface area (Å²) in [5, 5.41) is 8.89. The van der Waals surface area contributed by atoms with Crippen molar-refractivity contribution >= 4 is 11.6 Å². The third kappa shape index (κ3) is 5.68. The van der Waals surface area contributed by atoms with Crippen LogP contribution in [0.4, 0.5) is 5.69 Å². The average Bonchev–Trinajstić information content (AvgIpc) is 2.60. The maximum atomic E-state index is 12.4. The van der Waals surface area contributed by atoms with E-state index in [9.17, 15) is 4.79 Å². The third-order valence-electron chi connectivity index (χ3n) is 4.82. The topological polar surface area (TPSA) is 49.8 Å². The van der Waals surface area contributed by atoms with Crippen molar-refractivity contribution in [1.29, 1.82) is 0 Å². The molecule has 2 rings (SSSR count). The van der Waals surface area contributed by atoms with Gasteiger partial charge in [-0.05, 0) is 37.0 Å². The Balaban J connectivity index is 2.09. The van der Waals surface area contributed by atoms with Crippen molar-refractivity contribution in [3.63, 3.8) is 0 Å². The zero-order chi connectivity index (χ0) is 18.1. The predicted molar refractivity (Wildman–Crippen MR) is 102 cm³/mol. The van der Waals surface area contributed by atoms with E-state index in [4.69, 9.17) is 9.84 Å². The van der Waals surface area contributed by atoms with Gasteiger partial charge in [0, 0.05) is 38.3 Å². The van der Waals surface area contributed by atoms with Gasteiger partial charge in [-0.2, -0.15) is 0 Å². The van der Waals surface area contributed by atoms with Gasteiger partial charge < -0.3 is 14.7 Å². The first-order chi connectivity index (χ1) is 12.2. The van der Waals surface area contributed by atoms with Gasteiger partial charge in [0.25, 0.3) is 0 Å². The van der Waals surface area contributed by atoms with Crippen molar-refractivity contribution in [2.45, 2.75) is 51.6 Å². The van der Waals surface area contributed by atoms with E-state index in [0.29, 0.717) is 12.8 Å². The van der Waals surface area contributed by atoms with Crippen molar-refractivity contribution < 1.29 is 14.6 Å². The first-order valence-corrected chi connectivity index (χ1v) is 9.38. The number of amides is 1. The van der Waals surface area contributed by atoms with Gasteiger partial charge in [-0.3, -0.25) is 4.79 Å². The van der Waals surface area contributed by atoms with E-state index in [2.05, 4.69) is 25.1 Å². The van der Waals surface area contributed by atoms with Crippen LogP contribution in [0.3, 0.4) is 0 Å². The third-order valence-corrected chi connectivity index (χ3v) is 4.82. The lowest BCUT2D eigenvalue weighted by molar-refractivity contribution is -0.118. The number of hydrogen-bond acceptors (Lipinski definition) is 3. The highest BCUT2D eigenvalue weighted by Gasteiger charge is 2.20. The Kier molecular flexibility index (Phi) is 8.16. The van der Waals surface area contributed by atoms with Gasteiger partial charge in [0.1, 0.15) is 0 Å². The molecule has 0 saturated carbocycles. The van der Waals surface area contributed by atoms with Gasteiger partial charge in [0.05, 0.1) is 6.10 Å². The molecule has 1 heterocycles. The standard InChI is InChI=1S/C21H31NO3/c1-17(9-6-8-16-23)21(25-2)18-11-13-19(14-12-18)22-15-7-4-3-5-10-20(22)24/h6,9,11-14,17,21,23H,3-5,7-8,10,15-16H2,1-2H3/b9-6+/t17-,21+/m0/s1. The first kappa shape index (κ1) is 19.7. The molecule has 1 amide bonds. The number of rotatable bonds is 7. The number of methoxy groups -OCH3 is 1. The summed E-state index contributed by atoms with van der Waals surface area (Å²) < 4.78 is 5.68. The van der Waals surface area contributed by atoms with Gasteiger partial charge in [-0.15, -0.1) is 0 Å². The monoisotopic (exact) mass is 345 g/mol. The summed E-state index contributed by atoms with van der Waals surface area (Å²) in [4.78, 5) is 14.3. The lowest BCUT2D eigenvalue weighted by Crippen LogP contribution is -2.32. The van der Waals surface area contributed by atoms with Crippen molar-refractivity contribution in [3.05, 3.63) is 42.0 Å². The second-order valence-corrected chi connectivity index (χ2v) is 6.76. The lowest BCUT2D eigenvalue weighted by Gasteiger charge is -2.26. The zero-order valence-corrected chi connectivity index (χ0v) is 15.5. The molecule has 4 heteroatoms. The first-order valence-electron chi connectivity index (χ1n) is 9.38. The van der Waals surface area contributed by atoms with Gasteiger partial charge in [-0.25, -0.2) is 0 Å². The number of aliphatic hydroxyl groups is 1. The molecule has 0 unspecified atom stereocenters. The maximum absolute atomic E-state index is 12.4. The van der Waals surface area contributed by atoms with Crippen LogP contribution in [0.25, 0.3) is 0 Å². The average molecular weight is 345 g/mol. The molecule has 4 nitrogen and oxygen atoms in total. The number of hydrogen-bond donors (Lipinski definition) is 1. The number of carbonyl (C=O) groups is 1. The molecule has 1 aromatic rings. The molecule has 1 N–H and O–H groups in total. The molecular weight excluding hydrogens is 314 g/mol. The zero-order valence-electron chi connectivity index (χ0n) is 15.5. The molecule has 0 aliphatic carbocycles. The van der Waals surface area contributed by atoms with E-state index < -0.39 is 0 Å². The van der Waals surface area contributed by atoms with E-state index in [1.165, 1.54) is 6.42 Å². The normalized spacial score (nSPS) is 18.8. The van der Waals surface area contributed by atoms with Crippen LogP contribution in [0.5, 0.6) is 0 Å². The molecular formula is C21H31NO3. The van der Waals surface area contributed by atoms with Gasteiger partial charge in [-0.1, -0.05) is 44.1 Å². The second kappa shape index (κ2) is 10.4. The minimum Gasteiger partial charge on any atom is -0.396 e. The Bertz CT molecular complexity index is 553. The summed E-state index contributed by atoms with van der Waals surface area (Å²) in [5.74, 6) is 0.446. The summed E-state index contributed by atoms with van der Waals surface area (Å²) in [6, 6.07) is 8.19. The van der Waals surface area contributed by atoms with Crippen molar-refractivity contribution in [3.8, 4) is 0 Å². The maximum Gasteiger partial charge on any atom is 0.226 e. The summed E-state index contributed by atoms with van der Waals surface area (Å²) in [6.07, 6.45) is 9.78. The molecule has 1 aliphatic heterocycles. The van der Waals surface area contributed by atoms with Gasteiger partial charge in [0.15, 0.2) is 0 Å². The molecule has 0 spiro atoms. The largest absolute Gasteiger partial charge is 0.396 e. The van der Waals surface area contributed by atoms with Crippen molar-refractivity contribution in [1.82, 2.24) is 0 Å². The lowest BCUT2D eigenvalue weighted by atomic mass is 9.96. The summed E-state index contributed by atoms with van der Waals surface area (Å²) in [5.41, 5.74) is 2.08. The molecule has 0 aromatic heterocycles. The molecule has 138 valence electrons. The van der Waals surface area contributed by atoms with Crippen LogP contribution in [0.15, 0.2) is 36.4 Å². The summed E-state index contributed by atoms with van der Waals surface area (Å²) >= 11 is 0. The number of carbonyl (C=O) groups excluding carboxylic acids is 1. The number of ether oxygens (including phenoxy) is 1. The molecule has 0 bridgehead atoms. The van der Waals surface area contributed by atoms with Crippen LogP contribution < -0.4 is 4.90 Å². The number of aliphatic hydroxyl groups excluding tert-OH is 1. The SMILES string of the molecule is CO[C@@H](c1ccc(N2CCCCCCC2=O)cc1)[C@@H](C)/C=C/CCO. The summed E-state index contributed by atoms with van der Waals surface area (Å²) in [6.45, 7) is 3.09. The Labute approximate surface area is 151 Å². The number of anilines is 1. The van der Waals surface area contributed by atoms with E-state index in [1.54, 1.807) is 7.11 Å². The van der Waals surface area contributed by atoms with Crippen molar-refractivity contribution in [2.24, 2.45) is 5.92 Å². The molecule has 0 radical (unpaired) electrons. The number of nitrogens with zero attached hydrogens (tertiary/aromatic N) is 1. The Morgan fingerprint density at radius 1 is 1.20 bits per heavy atom. The molecule has 25 heavy (non-hydrogen) atoms. The Morgan fingerprint density at radius 2 is 1.92 bits per heavy atom. The Hall–Kier alpha value is -1.65. The number of benzene rings is 1. The van der Waals surface area contributed by atoms with E-state index >= 15 is 0 Å². The van der Waals surface area contributed by atoms with E-state index in [1.807, 2.05) is 23.1 Å². The van der Waals surface area contributed by atoms with Gasteiger partial charge in [0.2, 0.25) is 5.91 Å².